The third-order valence-corrected chi connectivity index (χ3v) is 4.53. The molecular formula is C18H23N3O3S. The molecule has 0 spiro atoms. The molecule has 0 saturated carbocycles. The van der Waals surface area contributed by atoms with Crippen LogP contribution in [0.2, 0.25) is 0 Å². The smallest absolute Gasteiger partial charge is 0.253 e. The normalized spacial score (nSPS) is 18.7. The Morgan fingerprint density at radius 2 is 2.40 bits per heavy atom. The number of rotatable bonds is 6. The molecule has 2 heterocycles. The molecule has 2 N–H and O–H groups in total. The van der Waals surface area contributed by atoms with Gasteiger partial charge in [0.2, 0.25) is 0 Å². The molecule has 7 heteroatoms. The van der Waals surface area contributed by atoms with E-state index in [0.29, 0.717) is 17.1 Å². The zero-order valence-electron chi connectivity index (χ0n) is 14.2. The maximum absolute atomic E-state index is 12.3. The van der Waals surface area contributed by atoms with Gasteiger partial charge in [0.15, 0.2) is 4.77 Å². The molecule has 1 saturated heterocycles. The number of hydrogen-bond donors (Lipinski definition) is 2. The van der Waals surface area contributed by atoms with Crippen LogP contribution in [0.15, 0.2) is 36.7 Å². The molecular weight excluding hydrogens is 338 g/mol. The van der Waals surface area contributed by atoms with Crippen LogP contribution < -0.4 is 5.32 Å². The summed E-state index contributed by atoms with van der Waals surface area (Å²) in [7, 11) is 0. The third-order valence-electron chi connectivity index (χ3n) is 4.22. The average Bonchev–Trinajstić information content (AvgIpc) is 3.06. The second-order valence-electron chi connectivity index (χ2n) is 6.14. The molecule has 1 aliphatic rings. The number of amides is 1. The molecule has 0 unspecified atom stereocenters. The first-order chi connectivity index (χ1) is 12.1. The van der Waals surface area contributed by atoms with Crippen molar-refractivity contribution in [3.8, 4) is 5.69 Å². The maximum atomic E-state index is 12.3. The van der Waals surface area contributed by atoms with Gasteiger partial charge in [0.05, 0.1) is 12.7 Å². The van der Waals surface area contributed by atoms with Gasteiger partial charge in [0.1, 0.15) is 6.10 Å². The highest BCUT2D eigenvalue weighted by Crippen LogP contribution is 2.16. The van der Waals surface area contributed by atoms with Crippen molar-refractivity contribution in [3.63, 3.8) is 0 Å². The van der Waals surface area contributed by atoms with E-state index in [9.17, 15) is 4.79 Å². The quantitative estimate of drug-likeness (QED) is 0.774. The Hall–Kier alpha value is -1.96. The van der Waals surface area contributed by atoms with Crippen molar-refractivity contribution in [2.75, 3.05) is 18.5 Å². The second kappa shape index (κ2) is 8.42. The van der Waals surface area contributed by atoms with Crippen molar-refractivity contribution < 1.29 is 14.3 Å². The number of hydrogen-bond acceptors (Lipinski definition) is 4. The third kappa shape index (κ3) is 4.78. The van der Waals surface area contributed by atoms with Crippen molar-refractivity contribution in [1.29, 1.82) is 0 Å². The van der Waals surface area contributed by atoms with Gasteiger partial charge < -0.3 is 19.8 Å². The van der Waals surface area contributed by atoms with Gasteiger partial charge in [-0.3, -0.25) is 9.36 Å². The molecule has 1 amide bonds. The van der Waals surface area contributed by atoms with Crippen LogP contribution >= 0.6 is 12.2 Å². The minimum Gasteiger partial charge on any atom is -0.376 e. The van der Waals surface area contributed by atoms with E-state index < -0.39 is 6.10 Å². The number of ether oxygens (including phenoxy) is 2. The largest absolute Gasteiger partial charge is 0.376 e. The molecule has 25 heavy (non-hydrogen) atoms. The van der Waals surface area contributed by atoms with Crippen LogP contribution in [0, 0.1) is 4.77 Å². The summed E-state index contributed by atoms with van der Waals surface area (Å²) in [6, 6.07) is 7.52. The molecule has 0 bridgehead atoms. The molecule has 6 nitrogen and oxygen atoms in total. The van der Waals surface area contributed by atoms with Crippen molar-refractivity contribution in [3.05, 3.63) is 41.4 Å². The SMILES string of the molecule is C[C@@H](OC[C@@H]1CCCCO1)C(=O)Nc1cccc(-n2cc[nH]c2=S)c1. The Labute approximate surface area is 152 Å². The lowest BCUT2D eigenvalue weighted by molar-refractivity contribution is -0.130. The van der Waals surface area contributed by atoms with E-state index in [2.05, 4.69) is 10.3 Å². The fraction of sp³-hybridized carbons (Fsp3) is 0.444. The summed E-state index contributed by atoms with van der Waals surface area (Å²) in [6.07, 6.45) is 6.44. The number of imidazole rings is 1. The number of nitrogens with zero attached hydrogens (tertiary/aromatic N) is 1. The zero-order valence-corrected chi connectivity index (χ0v) is 15.1. The van der Waals surface area contributed by atoms with Crippen LogP contribution in [0.1, 0.15) is 26.2 Å². The molecule has 1 fully saturated rings. The zero-order chi connectivity index (χ0) is 17.6. The fourth-order valence-corrected chi connectivity index (χ4v) is 3.00. The Morgan fingerprint density at radius 3 is 3.12 bits per heavy atom. The van der Waals surface area contributed by atoms with Crippen LogP contribution in [0.5, 0.6) is 0 Å². The minimum atomic E-state index is -0.538. The first-order valence-electron chi connectivity index (χ1n) is 8.54. The minimum absolute atomic E-state index is 0.0998. The topological polar surface area (TPSA) is 68.3 Å². The predicted molar refractivity (Wildman–Crippen MR) is 98.6 cm³/mol. The lowest BCUT2D eigenvalue weighted by Crippen LogP contribution is -2.32. The monoisotopic (exact) mass is 361 g/mol. The highest BCUT2D eigenvalue weighted by atomic mass is 32.1. The second-order valence-corrected chi connectivity index (χ2v) is 6.53. The highest BCUT2D eigenvalue weighted by molar-refractivity contribution is 7.71. The Bertz CT molecular complexity index is 765. The van der Waals surface area contributed by atoms with Gasteiger partial charge in [0.25, 0.3) is 5.91 Å². The molecule has 2 atom stereocenters. The summed E-state index contributed by atoms with van der Waals surface area (Å²) in [5.41, 5.74) is 1.59. The number of carbonyl (C=O) groups is 1. The van der Waals surface area contributed by atoms with E-state index in [4.69, 9.17) is 21.7 Å². The van der Waals surface area contributed by atoms with Gasteiger partial charge in [-0.05, 0) is 56.6 Å². The molecule has 2 aromatic rings. The van der Waals surface area contributed by atoms with Crippen molar-refractivity contribution in [2.24, 2.45) is 0 Å². The van der Waals surface area contributed by atoms with E-state index in [0.717, 1.165) is 31.6 Å². The molecule has 0 radical (unpaired) electrons. The molecule has 1 aromatic carbocycles. The van der Waals surface area contributed by atoms with Crippen LogP contribution in [-0.2, 0) is 14.3 Å². The summed E-state index contributed by atoms with van der Waals surface area (Å²) >= 11 is 5.22. The summed E-state index contributed by atoms with van der Waals surface area (Å²) in [5.74, 6) is -0.175. The van der Waals surface area contributed by atoms with E-state index in [1.165, 1.54) is 0 Å². The molecule has 134 valence electrons. The highest BCUT2D eigenvalue weighted by Gasteiger charge is 2.19. The Kier molecular flexibility index (Phi) is 6.01. The average molecular weight is 361 g/mol. The number of aromatic nitrogens is 2. The van der Waals surface area contributed by atoms with Crippen LogP contribution in [0.25, 0.3) is 5.69 Å². The molecule has 1 aromatic heterocycles. The van der Waals surface area contributed by atoms with Crippen molar-refractivity contribution in [2.45, 2.75) is 38.4 Å². The van der Waals surface area contributed by atoms with E-state index in [-0.39, 0.29) is 12.0 Å². The summed E-state index contributed by atoms with van der Waals surface area (Å²) in [5, 5.41) is 2.89. The number of anilines is 1. The summed E-state index contributed by atoms with van der Waals surface area (Å²) in [6.45, 7) is 2.99. The number of nitrogens with one attached hydrogen (secondary N) is 2. The molecule has 1 aliphatic heterocycles. The van der Waals surface area contributed by atoms with Gasteiger partial charge in [-0.1, -0.05) is 6.07 Å². The number of H-pyrrole nitrogens is 1. The van der Waals surface area contributed by atoms with E-state index in [1.54, 1.807) is 13.1 Å². The first-order valence-corrected chi connectivity index (χ1v) is 8.95. The van der Waals surface area contributed by atoms with Crippen LogP contribution in [0.3, 0.4) is 0 Å². The van der Waals surface area contributed by atoms with Gasteiger partial charge in [0, 0.05) is 30.4 Å². The van der Waals surface area contributed by atoms with E-state index in [1.807, 2.05) is 35.0 Å². The predicted octanol–water partition coefficient (Wildman–Crippen LogP) is 3.45. The number of aromatic amines is 1. The first kappa shape index (κ1) is 17.8. The lowest BCUT2D eigenvalue weighted by atomic mass is 10.1. The van der Waals surface area contributed by atoms with Crippen molar-refractivity contribution in [1.82, 2.24) is 9.55 Å². The van der Waals surface area contributed by atoms with Gasteiger partial charge in [-0.25, -0.2) is 0 Å². The van der Waals surface area contributed by atoms with Gasteiger partial charge in [-0.15, -0.1) is 0 Å². The summed E-state index contributed by atoms with van der Waals surface area (Å²) in [4.78, 5) is 15.3. The van der Waals surface area contributed by atoms with Crippen LogP contribution in [0.4, 0.5) is 5.69 Å². The molecule has 3 rings (SSSR count). The van der Waals surface area contributed by atoms with Gasteiger partial charge >= 0.3 is 0 Å². The Morgan fingerprint density at radius 1 is 1.52 bits per heavy atom. The fourth-order valence-electron chi connectivity index (χ4n) is 2.77. The standard InChI is InChI=1S/C18H23N3O3S/c1-13(24-12-16-7-2-3-10-23-16)17(22)20-14-5-4-6-15(11-14)21-9-8-19-18(21)25/h4-6,8-9,11,13,16H,2-3,7,10,12H2,1H3,(H,19,25)(H,20,22)/t13-,16+/m1/s1. The van der Waals surface area contributed by atoms with Crippen molar-refractivity contribution >= 4 is 23.8 Å². The maximum Gasteiger partial charge on any atom is 0.253 e. The van der Waals surface area contributed by atoms with Gasteiger partial charge in [-0.2, -0.15) is 0 Å². The van der Waals surface area contributed by atoms with E-state index >= 15 is 0 Å². The number of benzene rings is 1. The summed E-state index contributed by atoms with van der Waals surface area (Å²) < 4.78 is 13.7. The lowest BCUT2D eigenvalue weighted by Gasteiger charge is -2.24. The Balaban J connectivity index is 1.57. The molecule has 0 aliphatic carbocycles. The van der Waals surface area contributed by atoms with Crippen LogP contribution in [-0.4, -0.2) is 40.9 Å². The number of carbonyl (C=O) groups excluding carboxylic acids is 1.